The van der Waals surface area contributed by atoms with E-state index in [-0.39, 0.29) is 45.7 Å². The molecule has 1 heterocycles. The minimum absolute atomic E-state index is 0.0310. The zero-order valence-electron chi connectivity index (χ0n) is 39.1. The van der Waals surface area contributed by atoms with Crippen LogP contribution in [0, 0.1) is 78.8 Å². The Balaban J connectivity index is 1.19. The third kappa shape index (κ3) is 6.10. The van der Waals surface area contributed by atoms with E-state index >= 15 is 0 Å². The number of carboxylic acid groups (broad SMARTS) is 1. The Bertz CT molecular complexity index is 1860. The van der Waals surface area contributed by atoms with Gasteiger partial charge in [-0.15, -0.1) is 5.92 Å². The smallest absolute Gasteiger partial charge is 0.309 e. The first-order valence-electron chi connectivity index (χ1n) is 25.4. The molecule has 0 unspecified atom stereocenters. The molecule has 0 aromatic heterocycles. The van der Waals surface area contributed by atoms with E-state index in [9.17, 15) is 20.1 Å². The quantitative estimate of drug-likeness (QED) is 0.181. The summed E-state index contributed by atoms with van der Waals surface area (Å²) in [7, 11) is 1.75. The van der Waals surface area contributed by atoms with E-state index in [2.05, 4.69) is 70.7 Å². The highest BCUT2D eigenvalue weighted by molar-refractivity contribution is 5.74. The fourth-order valence-electron chi connectivity index (χ4n) is 18.5. The van der Waals surface area contributed by atoms with E-state index in [4.69, 9.17) is 9.47 Å². The normalized spacial score (nSPS) is 47.7. The van der Waals surface area contributed by atoms with Gasteiger partial charge in [-0.05, 0) is 160 Å². The molecule has 7 fully saturated rings. The lowest BCUT2D eigenvalue weighted by atomic mass is 9.22. The first-order valence-corrected chi connectivity index (χ1v) is 25.4. The van der Waals surface area contributed by atoms with E-state index in [1.807, 2.05) is 0 Å². The number of ether oxygens (including phenoxy) is 2. The van der Waals surface area contributed by atoms with Gasteiger partial charge in [0.2, 0.25) is 0 Å². The molecule has 0 radical (unpaired) electrons. The molecule has 6 nitrogen and oxygen atoms in total. The Morgan fingerprint density at radius 3 is 2.23 bits per heavy atom. The van der Waals surface area contributed by atoms with Crippen LogP contribution in [0.1, 0.15) is 187 Å². The van der Waals surface area contributed by atoms with Gasteiger partial charge >= 0.3 is 5.97 Å². The molecule has 4 bridgehead atoms. The van der Waals surface area contributed by atoms with Crippen LogP contribution in [0.3, 0.4) is 0 Å². The van der Waals surface area contributed by atoms with Crippen molar-refractivity contribution < 1.29 is 29.6 Å². The largest absolute Gasteiger partial charge is 0.481 e. The standard InChI is InChI=1S/C55H82O6/c1-7-11-43-54-33-31-52-23-10-14-40(16-15-39-12-8-9-13-39)21-24-51(44-37-48(3,46(57)58)26-25-47(44,2)27-28-49(51,52)4)30-29-50(52,5)53(54,38-56)32-34-55(43,59)61-45(54)36-42-19-17-41(18-20-42)22-35-60-6/h17-20,39-40,43-45,56,59H,7-9,11-16,21-22,24-38H2,1-6H3,(H,57,58)/t40-,43+,44+,45-,47+,48+,49-,50+,51-,52+,53+,54+,55-/m0/s1. The maximum atomic E-state index is 13.2. The highest BCUT2D eigenvalue weighted by atomic mass is 16.6. The second-order valence-electron chi connectivity index (χ2n) is 24.0. The summed E-state index contributed by atoms with van der Waals surface area (Å²) >= 11 is 0. The number of carbonyl (C=O) groups is 1. The Kier molecular flexibility index (Phi) is 11.3. The minimum atomic E-state index is -1.20. The number of aliphatic hydroxyl groups is 2. The molecule has 6 heteroatoms. The zero-order valence-corrected chi connectivity index (χ0v) is 39.1. The van der Waals surface area contributed by atoms with Gasteiger partial charge in [0.25, 0.3) is 0 Å². The maximum absolute atomic E-state index is 13.2. The first-order chi connectivity index (χ1) is 29.1. The summed E-state index contributed by atoms with van der Waals surface area (Å²) in [6, 6.07) is 8.98. The average molecular weight is 839 g/mol. The molecule has 13 atom stereocenters. The highest BCUT2D eigenvalue weighted by Gasteiger charge is 2.85. The van der Waals surface area contributed by atoms with Crippen molar-refractivity contribution in [3.05, 3.63) is 35.4 Å². The third-order valence-corrected chi connectivity index (χ3v) is 22.1. The summed E-state index contributed by atoms with van der Waals surface area (Å²) < 4.78 is 12.6. The number of benzene rings is 1. The molecule has 1 aliphatic heterocycles. The van der Waals surface area contributed by atoms with E-state index < -0.39 is 28.0 Å². The number of aliphatic carboxylic acids is 1. The maximum Gasteiger partial charge on any atom is 0.309 e. The third-order valence-electron chi connectivity index (χ3n) is 22.1. The highest BCUT2D eigenvalue weighted by Crippen LogP contribution is 2.88. The number of hydrogen-bond acceptors (Lipinski definition) is 5. The van der Waals surface area contributed by atoms with Crippen molar-refractivity contribution in [1.82, 2.24) is 0 Å². The van der Waals surface area contributed by atoms with Crippen molar-refractivity contribution in [3.63, 3.8) is 0 Å². The van der Waals surface area contributed by atoms with Crippen molar-refractivity contribution >= 4 is 5.97 Å². The number of fused-ring (bicyclic) bond motifs is 3. The van der Waals surface area contributed by atoms with Crippen LogP contribution < -0.4 is 0 Å². The summed E-state index contributed by atoms with van der Waals surface area (Å²) in [5, 5.41) is 36.3. The van der Waals surface area contributed by atoms with Gasteiger partial charge in [0, 0.05) is 48.7 Å². The minimum Gasteiger partial charge on any atom is -0.481 e. The molecule has 0 amide bonds. The van der Waals surface area contributed by atoms with E-state index in [0.29, 0.717) is 24.9 Å². The molecule has 7 aliphatic carbocycles. The van der Waals surface area contributed by atoms with Gasteiger partial charge in [-0.2, -0.15) is 0 Å². The fraction of sp³-hybridized carbons (Fsp3) is 0.836. The molecule has 61 heavy (non-hydrogen) atoms. The van der Waals surface area contributed by atoms with Crippen LogP contribution in [0.25, 0.3) is 0 Å². The lowest BCUT2D eigenvalue weighted by molar-refractivity contribution is -0.336. The summed E-state index contributed by atoms with van der Waals surface area (Å²) in [5.41, 5.74) is 0.138. The summed E-state index contributed by atoms with van der Waals surface area (Å²) in [6.45, 7) is 12.9. The van der Waals surface area contributed by atoms with Crippen LogP contribution in [0.2, 0.25) is 0 Å². The fourth-order valence-corrected chi connectivity index (χ4v) is 18.5. The molecule has 1 aromatic rings. The van der Waals surface area contributed by atoms with Crippen molar-refractivity contribution in [3.8, 4) is 11.8 Å². The predicted octanol–water partition coefficient (Wildman–Crippen LogP) is 11.7. The molecule has 1 aromatic carbocycles. The van der Waals surface area contributed by atoms with Crippen LogP contribution >= 0.6 is 0 Å². The van der Waals surface area contributed by atoms with Crippen molar-refractivity contribution in [1.29, 1.82) is 0 Å². The molecule has 2 spiro atoms. The van der Waals surface area contributed by atoms with Crippen LogP contribution in [0.4, 0.5) is 0 Å². The average Bonchev–Trinajstić information content (AvgIpc) is 3.82. The van der Waals surface area contributed by atoms with Crippen molar-refractivity contribution in [2.45, 2.75) is 201 Å². The van der Waals surface area contributed by atoms with Crippen LogP contribution in [0.5, 0.6) is 0 Å². The number of carboxylic acids is 1. The topological polar surface area (TPSA) is 96.2 Å². The van der Waals surface area contributed by atoms with E-state index in [1.54, 1.807) is 7.11 Å². The number of aliphatic hydroxyl groups excluding tert-OH is 1. The van der Waals surface area contributed by atoms with E-state index in [0.717, 1.165) is 109 Å². The van der Waals surface area contributed by atoms with Gasteiger partial charge in [0.05, 0.1) is 18.1 Å². The Morgan fingerprint density at radius 2 is 1.52 bits per heavy atom. The van der Waals surface area contributed by atoms with Gasteiger partial charge in [-0.3, -0.25) is 4.79 Å². The van der Waals surface area contributed by atoms with Crippen LogP contribution in [-0.2, 0) is 27.1 Å². The van der Waals surface area contributed by atoms with Gasteiger partial charge < -0.3 is 24.8 Å². The molecule has 9 rings (SSSR count). The molecular weight excluding hydrogens is 757 g/mol. The zero-order chi connectivity index (χ0) is 43.2. The molecule has 3 N–H and O–H groups in total. The van der Waals surface area contributed by atoms with E-state index in [1.165, 1.54) is 56.1 Å². The lowest BCUT2D eigenvalue weighted by Gasteiger charge is -2.81. The predicted molar refractivity (Wildman–Crippen MR) is 241 cm³/mol. The first kappa shape index (κ1) is 44.3. The molecule has 6 saturated carbocycles. The lowest BCUT2D eigenvalue weighted by Crippen LogP contribution is -2.78. The molecule has 8 aliphatic rings. The molecule has 338 valence electrons. The Labute approximate surface area is 369 Å². The van der Waals surface area contributed by atoms with Gasteiger partial charge in [0.1, 0.15) is 0 Å². The monoisotopic (exact) mass is 839 g/mol. The van der Waals surface area contributed by atoms with Gasteiger partial charge in [0.15, 0.2) is 5.79 Å². The van der Waals surface area contributed by atoms with Crippen molar-refractivity contribution in [2.24, 2.45) is 67.0 Å². The second-order valence-corrected chi connectivity index (χ2v) is 24.0. The SMILES string of the molecule is CCC[C@@H]1[C@@]23CC[C@@]45C#CC[C@@H](CCC6CCCC6)CC[C@]6(CC[C@@]4(C)[C@]2(CO)CC[C@]1(O)O[C@H]3Cc1ccc(CCOC)cc1)[C@@H]1C[C@](C)(C(=O)O)CC[C@]1(C)CC[C@@]65C. The summed E-state index contributed by atoms with van der Waals surface area (Å²) in [5.74, 6) is 8.36. The summed E-state index contributed by atoms with van der Waals surface area (Å²) in [4.78, 5) is 13.2. The second kappa shape index (κ2) is 15.6. The van der Waals surface area contributed by atoms with Crippen LogP contribution in [-0.4, -0.2) is 53.5 Å². The Morgan fingerprint density at radius 1 is 0.820 bits per heavy atom. The Hall–Kier alpha value is -1.91. The number of rotatable bonds is 12. The summed E-state index contributed by atoms with van der Waals surface area (Å²) in [6.07, 6.45) is 24.7. The van der Waals surface area contributed by atoms with Gasteiger partial charge in [-0.25, -0.2) is 0 Å². The number of methoxy groups -OCH3 is 1. The van der Waals surface area contributed by atoms with Crippen LogP contribution in [0.15, 0.2) is 24.3 Å². The van der Waals surface area contributed by atoms with Crippen molar-refractivity contribution in [2.75, 3.05) is 20.3 Å². The molecular formula is C55H82O6. The number of hydrogen-bond donors (Lipinski definition) is 3. The molecule has 1 saturated heterocycles. The van der Waals surface area contributed by atoms with Gasteiger partial charge in [-0.1, -0.05) is 96.4 Å².